The first-order valence-corrected chi connectivity index (χ1v) is 29.0. The Morgan fingerprint density at radius 1 is 0.451 bits per heavy atom. The molecular formula is C75H57N5OPt-2. The van der Waals surface area contributed by atoms with Gasteiger partial charge < -0.3 is 4.40 Å². The summed E-state index contributed by atoms with van der Waals surface area (Å²) in [5, 5.41) is 6.59. The van der Waals surface area contributed by atoms with Gasteiger partial charge in [-0.25, -0.2) is 0 Å². The molecule has 6 nitrogen and oxygen atoms in total. The average Bonchev–Trinajstić information content (AvgIpc) is 1.65. The van der Waals surface area contributed by atoms with Crippen molar-refractivity contribution in [2.75, 3.05) is 0 Å². The van der Waals surface area contributed by atoms with Crippen LogP contribution in [0.25, 0.3) is 122 Å². The molecule has 0 unspecified atom stereocenters. The average molecular weight is 1240 g/mol. The normalized spacial score (nSPS) is 13.1. The van der Waals surface area contributed by atoms with Crippen LogP contribution in [0.1, 0.15) is 62.3 Å². The number of aromatic nitrogens is 5. The number of pyridine rings is 1. The Balaban J connectivity index is 0.905. The fourth-order valence-corrected chi connectivity index (χ4v) is 13.4. The predicted octanol–water partition coefficient (Wildman–Crippen LogP) is 19.4. The molecule has 82 heavy (non-hydrogen) atoms. The van der Waals surface area contributed by atoms with E-state index in [0.29, 0.717) is 28.4 Å². The summed E-state index contributed by atoms with van der Waals surface area (Å²) < 4.78 is 43.5. The van der Waals surface area contributed by atoms with Gasteiger partial charge in [0.25, 0.3) is 0 Å². The minimum absolute atomic E-state index is 0.0758. The molecule has 5 aromatic heterocycles. The molecule has 0 aliphatic carbocycles. The van der Waals surface area contributed by atoms with E-state index >= 15 is 0 Å². The van der Waals surface area contributed by atoms with E-state index in [2.05, 4.69) is 244 Å². The predicted molar refractivity (Wildman–Crippen MR) is 335 cm³/mol. The van der Waals surface area contributed by atoms with Crippen molar-refractivity contribution in [1.82, 2.24) is 23.1 Å². The number of para-hydroxylation sites is 5. The zero-order valence-corrected chi connectivity index (χ0v) is 48.5. The molecule has 0 saturated heterocycles. The Morgan fingerprint density at radius 3 is 1.74 bits per heavy atom. The Kier molecular flexibility index (Phi) is 10.7. The number of imidazole rings is 1. The van der Waals surface area contributed by atoms with Gasteiger partial charge in [-0.15, -0.1) is 0 Å². The number of hydrogen-bond acceptors (Lipinski definition) is 2. The molecule has 10 aromatic carbocycles. The molecule has 0 radical (unpaired) electrons. The molecule has 0 aliphatic heterocycles. The zero-order chi connectivity index (χ0) is 58.3. The smallest absolute Gasteiger partial charge is 0.0622 e. The van der Waals surface area contributed by atoms with Gasteiger partial charge in [0.1, 0.15) is 0 Å². The van der Waals surface area contributed by atoms with Gasteiger partial charge in [0.2, 0.25) is 0 Å². The van der Waals surface area contributed by atoms with Crippen molar-refractivity contribution >= 4 is 70.9 Å². The monoisotopic (exact) mass is 1240 g/mol. The first-order valence-electron chi connectivity index (χ1n) is 29.4. The SMILES string of the molecule is [2H]C([2H])([2H])c1cc(-n2c3[c-]c(Oc4[c-]c(-n5[c](=[Pt])n(-c6c(-c7ccccc7)cccc6-c6cc(C(C)(C)C)cc(C(C)(C)C)c6)c6ccccc65)ccc4)ccc3c3cc4c5cccc6c7ccccc7n(c4cc32)c65)ncc1-c1ccccc1. The second-order valence-electron chi connectivity index (χ2n) is 23.6. The van der Waals surface area contributed by atoms with E-state index < -0.39 is 6.85 Å². The minimum Gasteiger partial charge on any atom is -0.0622 e. The number of nitrogens with zero attached hydrogens (tertiary/aromatic N) is 5. The van der Waals surface area contributed by atoms with Gasteiger partial charge in [0, 0.05) is 37.4 Å². The van der Waals surface area contributed by atoms with Gasteiger partial charge in [-0.05, 0) is 24.0 Å². The van der Waals surface area contributed by atoms with Gasteiger partial charge in [-0.3, -0.25) is 0 Å². The fourth-order valence-electron chi connectivity index (χ4n) is 12.4. The van der Waals surface area contributed by atoms with E-state index in [1.165, 1.54) is 33.0 Å². The van der Waals surface area contributed by atoms with E-state index in [0.717, 1.165) is 86.6 Å². The quantitative estimate of drug-likeness (QED) is 0.142. The topological polar surface area (TPSA) is 41.3 Å². The third-order valence-electron chi connectivity index (χ3n) is 16.4. The zero-order valence-electron chi connectivity index (χ0n) is 49.2. The third-order valence-corrected chi connectivity index (χ3v) is 17.5. The number of benzene rings is 10. The molecule has 0 atom stereocenters. The number of fused-ring (bicyclic) bond motifs is 10. The number of aryl methyl sites for hydroxylation is 1. The summed E-state index contributed by atoms with van der Waals surface area (Å²) in [4.78, 5) is 5.11. The fraction of sp³-hybridized carbons (Fsp3) is 0.120. The number of ether oxygens (including phenoxy) is 1. The molecule has 0 fully saturated rings. The summed E-state index contributed by atoms with van der Waals surface area (Å²) in [5.74, 6) is 1.43. The van der Waals surface area contributed by atoms with Crippen LogP contribution < -0.4 is 4.74 Å². The van der Waals surface area contributed by atoms with Crippen LogP contribution in [0.2, 0.25) is 0 Å². The molecule has 5 heterocycles. The summed E-state index contributed by atoms with van der Waals surface area (Å²) in [7, 11) is 0. The molecule has 15 rings (SSSR count). The maximum absolute atomic E-state index is 8.85. The molecule has 0 spiro atoms. The Morgan fingerprint density at radius 2 is 1.04 bits per heavy atom. The standard InChI is InChI=1S/C75H57N5O.Pt/c1-47-37-71(76-45-64(47)49-23-12-9-13-24-49)79-68-42-55(35-36-59(68)62-43-63-61-31-20-30-60-58-27-14-15-32-65(58)80(73(60)61)70(63)44-69(62)79)81-54-26-18-25-53(41-54)77-46-78(67-34-17-16-33-66(67)77)72-56(48-21-10-8-11-22-48)28-19-29-57(72)50-38-51(74(2,3)4)40-52(39-50)75(5,6)7;/h8-40,43-45H,1-7H3;/q-2;/i1D3;. The van der Waals surface area contributed by atoms with Crippen LogP contribution in [0.3, 0.4) is 0 Å². The third kappa shape index (κ3) is 7.94. The van der Waals surface area contributed by atoms with Crippen molar-refractivity contribution in [2.45, 2.75) is 59.2 Å². The second-order valence-corrected chi connectivity index (χ2v) is 24.6. The van der Waals surface area contributed by atoms with Crippen molar-refractivity contribution in [3.8, 4) is 62.1 Å². The van der Waals surface area contributed by atoms with E-state index in [1.54, 1.807) is 12.3 Å². The Labute approximate surface area is 491 Å². The Hall–Kier alpha value is -9.09. The molecule has 0 amide bonds. The summed E-state index contributed by atoms with van der Waals surface area (Å²) in [6, 6.07) is 81.5. The van der Waals surface area contributed by atoms with E-state index in [-0.39, 0.29) is 16.4 Å². The van der Waals surface area contributed by atoms with E-state index in [1.807, 2.05) is 53.1 Å². The molecule has 0 aliphatic rings. The summed E-state index contributed by atoms with van der Waals surface area (Å²) in [6.45, 7) is 11.3. The first kappa shape index (κ1) is 46.6. The van der Waals surface area contributed by atoms with Crippen molar-refractivity contribution < 1.29 is 28.2 Å². The molecular weight excluding hydrogens is 1180 g/mol. The van der Waals surface area contributed by atoms with Crippen LogP contribution >= 0.6 is 0 Å². The van der Waals surface area contributed by atoms with Gasteiger partial charge in [0.15, 0.2) is 0 Å². The van der Waals surface area contributed by atoms with Crippen molar-refractivity contribution in [2.24, 2.45) is 0 Å². The van der Waals surface area contributed by atoms with Crippen LogP contribution in [0.5, 0.6) is 11.5 Å². The van der Waals surface area contributed by atoms with Crippen molar-refractivity contribution in [1.29, 1.82) is 0 Å². The molecule has 0 N–H and O–H groups in total. The van der Waals surface area contributed by atoms with Gasteiger partial charge in [0.05, 0.1) is 16.6 Å². The molecule has 7 heteroatoms. The number of hydrogen-bond donors (Lipinski definition) is 0. The molecule has 0 bridgehead atoms. The summed E-state index contributed by atoms with van der Waals surface area (Å²) >= 11 is 2.49. The molecule has 0 saturated carbocycles. The summed E-state index contributed by atoms with van der Waals surface area (Å²) in [5.41, 5.74) is 17.4. The molecule has 15 aromatic rings. The summed E-state index contributed by atoms with van der Waals surface area (Å²) in [6.07, 6.45) is 1.70. The van der Waals surface area contributed by atoms with Crippen LogP contribution in [0.15, 0.2) is 219 Å². The minimum atomic E-state index is -2.44. The van der Waals surface area contributed by atoms with Crippen LogP contribution in [0, 0.1) is 22.8 Å². The maximum atomic E-state index is 8.85. The van der Waals surface area contributed by atoms with E-state index in [9.17, 15) is 0 Å². The second kappa shape index (κ2) is 18.7. The van der Waals surface area contributed by atoms with Gasteiger partial charge in [-0.1, -0.05) is 66.7 Å². The van der Waals surface area contributed by atoms with Gasteiger partial charge in [-0.2, -0.15) is 0 Å². The van der Waals surface area contributed by atoms with Crippen LogP contribution in [-0.4, -0.2) is 23.1 Å². The van der Waals surface area contributed by atoms with Gasteiger partial charge >= 0.3 is 346 Å². The number of rotatable bonds is 8. The van der Waals surface area contributed by atoms with Crippen molar-refractivity contribution in [3.63, 3.8) is 0 Å². The van der Waals surface area contributed by atoms with E-state index in [4.69, 9.17) is 13.8 Å². The van der Waals surface area contributed by atoms with Crippen LogP contribution in [0.4, 0.5) is 0 Å². The first-order chi connectivity index (χ1) is 41.0. The molecule has 400 valence electrons. The van der Waals surface area contributed by atoms with Crippen molar-refractivity contribution in [3.05, 3.63) is 251 Å². The Bertz CT molecular complexity index is 5220. The van der Waals surface area contributed by atoms with Crippen LogP contribution in [-0.2, 0) is 30.2 Å².